The Morgan fingerprint density at radius 3 is 2.66 bits per heavy atom. The van der Waals surface area contributed by atoms with Crippen molar-refractivity contribution in [3.63, 3.8) is 0 Å². The number of aromatic nitrogens is 5. The highest BCUT2D eigenvalue weighted by molar-refractivity contribution is 5.86. The van der Waals surface area contributed by atoms with Crippen LogP contribution in [0, 0.1) is 0 Å². The Labute approximate surface area is 187 Å². The normalized spacial score (nSPS) is 22.4. The zero-order valence-corrected chi connectivity index (χ0v) is 18.3. The van der Waals surface area contributed by atoms with E-state index in [1.54, 1.807) is 6.20 Å². The fourth-order valence-corrected chi connectivity index (χ4v) is 5.37. The molecule has 1 saturated heterocycles. The summed E-state index contributed by atoms with van der Waals surface area (Å²) in [6.45, 7) is 2.59. The minimum atomic E-state index is 0.459. The van der Waals surface area contributed by atoms with Crippen molar-refractivity contribution in [1.82, 2.24) is 29.5 Å². The van der Waals surface area contributed by atoms with E-state index in [9.17, 15) is 0 Å². The van der Waals surface area contributed by atoms with Crippen LogP contribution in [0.15, 0.2) is 49.1 Å². The molecule has 2 aliphatic rings. The Hall–Kier alpha value is -3.06. The standard InChI is InChI=1S/C25H29N7/c1-2-12-31(13-3-1)21-8-6-20(7-9-21)29-25-28-17-23-22(10-14-32(23)30-25)19-15-18-5-4-11-26-24(18)27-16-19/h4-5,10-11,14-17,20-21H,1-3,6-9,12-13H2,(H,29,30)/t20-,21+. The number of nitrogens with one attached hydrogen (secondary N) is 1. The number of anilines is 1. The molecule has 0 atom stereocenters. The van der Waals surface area contributed by atoms with Crippen molar-refractivity contribution in [3.05, 3.63) is 49.1 Å². The molecule has 0 amide bonds. The number of rotatable bonds is 4. The summed E-state index contributed by atoms with van der Waals surface area (Å²) >= 11 is 0. The van der Waals surface area contributed by atoms with Gasteiger partial charge in [0.05, 0.1) is 11.7 Å². The molecule has 2 fully saturated rings. The number of piperidine rings is 1. The Balaban J connectivity index is 1.16. The summed E-state index contributed by atoms with van der Waals surface area (Å²) in [4.78, 5) is 16.2. The molecule has 0 bridgehead atoms. The molecule has 4 aromatic rings. The SMILES string of the molecule is c1cnc2ncc(-c3ccn4nc(N[C@H]5CC[C@@H](N6CCCCC6)CC5)ncc34)cc2c1. The molecule has 4 aromatic heterocycles. The average Bonchev–Trinajstić information content (AvgIpc) is 3.28. The topological polar surface area (TPSA) is 71.2 Å². The van der Waals surface area contributed by atoms with Crippen LogP contribution >= 0.6 is 0 Å². The first-order valence-corrected chi connectivity index (χ1v) is 11.9. The molecule has 0 aromatic carbocycles. The van der Waals surface area contributed by atoms with Crippen molar-refractivity contribution in [2.75, 3.05) is 18.4 Å². The average molecular weight is 428 g/mol. The third-order valence-corrected chi connectivity index (χ3v) is 7.12. The van der Waals surface area contributed by atoms with Crippen LogP contribution in [0.25, 0.3) is 27.7 Å². The highest BCUT2D eigenvalue weighted by atomic mass is 15.3. The van der Waals surface area contributed by atoms with Crippen molar-refractivity contribution in [1.29, 1.82) is 0 Å². The molecule has 164 valence electrons. The number of likely N-dealkylation sites (tertiary alicyclic amines) is 1. The molecule has 1 N–H and O–H groups in total. The van der Waals surface area contributed by atoms with Crippen molar-refractivity contribution < 1.29 is 0 Å². The molecule has 1 aliphatic heterocycles. The van der Waals surface area contributed by atoms with Gasteiger partial charge in [0.1, 0.15) is 0 Å². The molecular weight excluding hydrogens is 398 g/mol. The summed E-state index contributed by atoms with van der Waals surface area (Å²) in [6, 6.07) is 9.41. The van der Waals surface area contributed by atoms with Crippen molar-refractivity contribution in [3.8, 4) is 11.1 Å². The summed E-state index contributed by atoms with van der Waals surface area (Å²) in [5, 5.41) is 9.36. The van der Waals surface area contributed by atoms with Gasteiger partial charge in [0.15, 0.2) is 5.65 Å². The summed E-state index contributed by atoms with van der Waals surface area (Å²) in [6.07, 6.45) is 16.6. The maximum Gasteiger partial charge on any atom is 0.241 e. The minimum absolute atomic E-state index is 0.459. The molecule has 7 heteroatoms. The van der Waals surface area contributed by atoms with Gasteiger partial charge in [0.2, 0.25) is 5.95 Å². The third kappa shape index (κ3) is 3.81. The lowest BCUT2D eigenvalue weighted by Crippen LogP contribution is -2.43. The molecule has 6 rings (SSSR count). The number of hydrogen-bond donors (Lipinski definition) is 1. The van der Waals surface area contributed by atoms with Crippen LogP contribution in [0.1, 0.15) is 44.9 Å². The molecule has 0 unspecified atom stereocenters. The van der Waals surface area contributed by atoms with Crippen LogP contribution in [0.4, 0.5) is 5.95 Å². The molecule has 1 saturated carbocycles. The number of fused-ring (bicyclic) bond motifs is 2. The maximum absolute atomic E-state index is 4.74. The van der Waals surface area contributed by atoms with Gasteiger partial charge >= 0.3 is 0 Å². The predicted octanol–water partition coefficient (Wildman–Crippen LogP) is 4.55. The van der Waals surface area contributed by atoms with Gasteiger partial charge < -0.3 is 10.2 Å². The van der Waals surface area contributed by atoms with Gasteiger partial charge in [-0.2, -0.15) is 0 Å². The van der Waals surface area contributed by atoms with Crippen LogP contribution in [0.5, 0.6) is 0 Å². The van der Waals surface area contributed by atoms with Crippen molar-refractivity contribution in [2.45, 2.75) is 57.0 Å². The molecule has 5 heterocycles. The fourth-order valence-electron chi connectivity index (χ4n) is 5.37. The van der Waals surface area contributed by atoms with E-state index in [1.165, 1.54) is 58.0 Å². The second-order valence-electron chi connectivity index (χ2n) is 9.16. The van der Waals surface area contributed by atoms with E-state index < -0.39 is 0 Å². The van der Waals surface area contributed by atoms with Crippen molar-refractivity contribution in [2.24, 2.45) is 0 Å². The predicted molar refractivity (Wildman–Crippen MR) is 127 cm³/mol. The van der Waals surface area contributed by atoms with Gasteiger partial charge in [0, 0.05) is 47.2 Å². The minimum Gasteiger partial charge on any atom is -0.350 e. The summed E-state index contributed by atoms with van der Waals surface area (Å²) < 4.78 is 1.91. The van der Waals surface area contributed by atoms with Gasteiger partial charge in [-0.1, -0.05) is 6.42 Å². The van der Waals surface area contributed by atoms with E-state index in [4.69, 9.17) is 5.10 Å². The number of pyridine rings is 2. The zero-order valence-electron chi connectivity index (χ0n) is 18.3. The van der Waals surface area contributed by atoms with Gasteiger partial charge in [-0.05, 0) is 75.9 Å². The van der Waals surface area contributed by atoms with Gasteiger partial charge in [-0.25, -0.2) is 19.5 Å². The first-order chi connectivity index (χ1) is 15.8. The lowest BCUT2D eigenvalue weighted by atomic mass is 9.89. The van der Waals surface area contributed by atoms with E-state index in [-0.39, 0.29) is 0 Å². The Kier molecular flexibility index (Phi) is 5.19. The van der Waals surface area contributed by atoms with Crippen LogP contribution in [0.2, 0.25) is 0 Å². The van der Waals surface area contributed by atoms with Gasteiger partial charge in [-0.3, -0.25) is 0 Å². The van der Waals surface area contributed by atoms with E-state index >= 15 is 0 Å². The molecule has 1 aliphatic carbocycles. The number of nitrogens with zero attached hydrogens (tertiary/aromatic N) is 6. The van der Waals surface area contributed by atoms with E-state index in [0.717, 1.165) is 33.7 Å². The van der Waals surface area contributed by atoms with Crippen LogP contribution in [-0.4, -0.2) is 54.6 Å². The lowest BCUT2D eigenvalue weighted by Gasteiger charge is -2.39. The quantitative estimate of drug-likeness (QED) is 0.515. The van der Waals surface area contributed by atoms with Crippen LogP contribution in [-0.2, 0) is 0 Å². The van der Waals surface area contributed by atoms with Gasteiger partial charge in [-0.15, -0.1) is 5.10 Å². The van der Waals surface area contributed by atoms with Gasteiger partial charge in [0.25, 0.3) is 0 Å². The van der Waals surface area contributed by atoms with Crippen molar-refractivity contribution >= 4 is 22.5 Å². The summed E-state index contributed by atoms with van der Waals surface area (Å²) in [7, 11) is 0. The molecular formula is C25H29N7. The monoisotopic (exact) mass is 427 g/mol. The third-order valence-electron chi connectivity index (χ3n) is 7.12. The molecule has 0 spiro atoms. The van der Waals surface area contributed by atoms with E-state index in [2.05, 4.69) is 37.3 Å². The van der Waals surface area contributed by atoms with Crippen LogP contribution < -0.4 is 5.32 Å². The highest BCUT2D eigenvalue weighted by Gasteiger charge is 2.27. The maximum atomic E-state index is 4.74. The highest BCUT2D eigenvalue weighted by Crippen LogP contribution is 2.29. The Morgan fingerprint density at radius 1 is 0.906 bits per heavy atom. The summed E-state index contributed by atoms with van der Waals surface area (Å²) in [5.41, 5.74) is 3.87. The fraction of sp³-hybridized carbons (Fsp3) is 0.440. The summed E-state index contributed by atoms with van der Waals surface area (Å²) in [5.74, 6) is 0.710. The van der Waals surface area contributed by atoms with E-state index in [1.807, 2.05) is 35.2 Å². The first kappa shape index (κ1) is 19.6. The smallest absolute Gasteiger partial charge is 0.241 e. The zero-order chi connectivity index (χ0) is 21.3. The Bertz CT molecular complexity index is 1220. The van der Waals surface area contributed by atoms with E-state index in [0.29, 0.717) is 12.0 Å². The molecule has 7 nitrogen and oxygen atoms in total. The largest absolute Gasteiger partial charge is 0.350 e. The Morgan fingerprint density at radius 2 is 1.78 bits per heavy atom. The molecule has 0 radical (unpaired) electrons. The first-order valence-electron chi connectivity index (χ1n) is 11.9. The second-order valence-corrected chi connectivity index (χ2v) is 9.16. The second kappa shape index (κ2) is 8.47. The lowest BCUT2D eigenvalue weighted by molar-refractivity contribution is 0.127. The van der Waals surface area contributed by atoms with Crippen LogP contribution in [0.3, 0.4) is 0 Å². The molecule has 32 heavy (non-hydrogen) atoms. The number of hydrogen-bond acceptors (Lipinski definition) is 6.